The molecule has 2 rings (SSSR count). The second kappa shape index (κ2) is 8.01. The molecule has 0 spiro atoms. The summed E-state index contributed by atoms with van der Waals surface area (Å²) in [6, 6.07) is 1.98. The number of aromatic nitrogens is 1. The van der Waals surface area contributed by atoms with Gasteiger partial charge in [0.15, 0.2) is 0 Å². The molecule has 21 heavy (non-hydrogen) atoms. The summed E-state index contributed by atoms with van der Waals surface area (Å²) >= 11 is 0. The van der Waals surface area contributed by atoms with Crippen molar-refractivity contribution in [1.29, 1.82) is 0 Å². The Hall–Kier alpha value is -1.58. The quantitative estimate of drug-likeness (QED) is 0.834. The summed E-state index contributed by atoms with van der Waals surface area (Å²) in [5, 5.41) is 0. The standard InChI is InChI=1S/C17H27N3O/c1-3-4-9-19(2)16-12-15(13-18-14-16)17(21)20-10-7-5-6-8-11-20/h12-14H,3-11H2,1-2H3. The molecule has 4 heteroatoms. The van der Waals surface area contributed by atoms with Crippen LogP contribution < -0.4 is 4.90 Å². The van der Waals surface area contributed by atoms with Crippen LogP contribution in [0.1, 0.15) is 55.8 Å². The van der Waals surface area contributed by atoms with E-state index in [1.54, 1.807) is 6.20 Å². The number of rotatable bonds is 5. The molecule has 1 aromatic heterocycles. The third-order valence-corrected chi connectivity index (χ3v) is 4.15. The maximum atomic E-state index is 12.6. The van der Waals surface area contributed by atoms with E-state index >= 15 is 0 Å². The molecule has 1 amide bonds. The van der Waals surface area contributed by atoms with Gasteiger partial charge in [0.1, 0.15) is 0 Å². The molecule has 1 aliphatic heterocycles. The van der Waals surface area contributed by atoms with Gasteiger partial charge in [0.05, 0.1) is 17.4 Å². The molecule has 2 heterocycles. The van der Waals surface area contributed by atoms with E-state index in [0.717, 1.165) is 50.1 Å². The predicted molar refractivity (Wildman–Crippen MR) is 86.8 cm³/mol. The zero-order valence-electron chi connectivity index (χ0n) is 13.3. The van der Waals surface area contributed by atoms with Crippen molar-refractivity contribution in [3.05, 3.63) is 24.0 Å². The summed E-state index contributed by atoms with van der Waals surface area (Å²) in [6.45, 7) is 4.95. The maximum Gasteiger partial charge on any atom is 0.255 e. The van der Waals surface area contributed by atoms with Crippen molar-refractivity contribution in [3.8, 4) is 0 Å². The molecule has 0 radical (unpaired) electrons. The summed E-state index contributed by atoms with van der Waals surface area (Å²) in [6.07, 6.45) is 10.6. The molecule has 0 N–H and O–H groups in total. The van der Waals surface area contributed by atoms with Gasteiger partial charge < -0.3 is 9.80 Å². The lowest BCUT2D eigenvalue weighted by Gasteiger charge is -2.22. The number of unbranched alkanes of at least 4 members (excludes halogenated alkanes) is 1. The van der Waals surface area contributed by atoms with Gasteiger partial charge in [-0.15, -0.1) is 0 Å². The molecule has 4 nitrogen and oxygen atoms in total. The third kappa shape index (κ3) is 4.45. The normalized spacial score (nSPS) is 15.6. The Morgan fingerprint density at radius 1 is 1.24 bits per heavy atom. The SMILES string of the molecule is CCCCN(C)c1cncc(C(=O)N2CCCCCC2)c1. The molecule has 0 aliphatic carbocycles. The molecule has 0 saturated carbocycles. The maximum absolute atomic E-state index is 12.6. The molecular formula is C17H27N3O. The van der Waals surface area contributed by atoms with Gasteiger partial charge in [0.2, 0.25) is 0 Å². The molecule has 0 atom stereocenters. The summed E-state index contributed by atoms with van der Waals surface area (Å²) < 4.78 is 0. The molecule has 0 unspecified atom stereocenters. The zero-order valence-corrected chi connectivity index (χ0v) is 13.3. The van der Waals surface area contributed by atoms with E-state index in [0.29, 0.717) is 0 Å². The van der Waals surface area contributed by atoms with Crippen molar-refractivity contribution in [1.82, 2.24) is 9.88 Å². The minimum atomic E-state index is 0.134. The molecule has 116 valence electrons. The van der Waals surface area contributed by atoms with Gasteiger partial charge >= 0.3 is 0 Å². The molecule has 1 aromatic rings. The number of nitrogens with zero attached hydrogens (tertiary/aromatic N) is 3. The Labute approximate surface area is 128 Å². The summed E-state index contributed by atoms with van der Waals surface area (Å²) in [5.41, 5.74) is 1.75. The Kier molecular flexibility index (Phi) is 6.03. The predicted octanol–water partition coefficient (Wildman–Crippen LogP) is 3.33. The van der Waals surface area contributed by atoms with E-state index in [9.17, 15) is 4.79 Å². The van der Waals surface area contributed by atoms with Gasteiger partial charge in [0.25, 0.3) is 5.91 Å². The fraction of sp³-hybridized carbons (Fsp3) is 0.647. The van der Waals surface area contributed by atoms with Gasteiger partial charge in [-0.2, -0.15) is 0 Å². The van der Waals surface area contributed by atoms with Crippen LogP contribution in [0.25, 0.3) is 0 Å². The van der Waals surface area contributed by atoms with Crippen LogP contribution in [0.4, 0.5) is 5.69 Å². The lowest BCUT2D eigenvalue weighted by molar-refractivity contribution is 0.0761. The fourth-order valence-electron chi connectivity index (χ4n) is 2.73. The Morgan fingerprint density at radius 2 is 1.95 bits per heavy atom. The first-order valence-electron chi connectivity index (χ1n) is 8.18. The second-order valence-corrected chi connectivity index (χ2v) is 5.91. The Bertz CT molecular complexity index is 453. The van der Waals surface area contributed by atoms with Crippen molar-refractivity contribution >= 4 is 11.6 Å². The highest BCUT2D eigenvalue weighted by molar-refractivity contribution is 5.94. The van der Waals surface area contributed by atoms with Crippen molar-refractivity contribution in [2.45, 2.75) is 45.4 Å². The van der Waals surface area contributed by atoms with Crippen molar-refractivity contribution < 1.29 is 4.79 Å². The molecule has 1 saturated heterocycles. The van der Waals surface area contributed by atoms with E-state index in [1.165, 1.54) is 19.3 Å². The van der Waals surface area contributed by atoms with Crippen molar-refractivity contribution in [2.24, 2.45) is 0 Å². The number of amides is 1. The van der Waals surface area contributed by atoms with Gasteiger partial charge in [-0.3, -0.25) is 9.78 Å². The highest BCUT2D eigenvalue weighted by atomic mass is 16.2. The van der Waals surface area contributed by atoms with E-state index in [-0.39, 0.29) is 5.91 Å². The first-order valence-corrected chi connectivity index (χ1v) is 8.18. The first-order chi connectivity index (χ1) is 10.2. The van der Waals surface area contributed by atoms with Gasteiger partial charge in [-0.25, -0.2) is 0 Å². The molecule has 0 aromatic carbocycles. The van der Waals surface area contributed by atoms with Gasteiger partial charge in [-0.1, -0.05) is 26.2 Å². The molecular weight excluding hydrogens is 262 g/mol. The molecule has 1 fully saturated rings. The van der Waals surface area contributed by atoms with Crippen LogP contribution in [-0.4, -0.2) is 42.5 Å². The Morgan fingerprint density at radius 3 is 2.62 bits per heavy atom. The number of carbonyl (C=O) groups excluding carboxylic acids is 1. The van der Waals surface area contributed by atoms with Crippen LogP contribution >= 0.6 is 0 Å². The van der Waals surface area contributed by atoms with Gasteiger partial charge in [-0.05, 0) is 25.3 Å². The Balaban J connectivity index is 2.06. The van der Waals surface area contributed by atoms with Crippen LogP contribution in [0.2, 0.25) is 0 Å². The average Bonchev–Trinajstić information content (AvgIpc) is 2.81. The average molecular weight is 289 g/mol. The lowest BCUT2D eigenvalue weighted by atomic mass is 10.2. The number of hydrogen-bond donors (Lipinski definition) is 0. The van der Waals surface area contributed by atoms with Crippen LogP contribution in [0.5, 0.6) is 0 Å². The summed E-state index contributed by atoms with van der Waals surface area (Å²) in [5.74, 6) is 0.134. The summed E-state index contributed by atoms with van der Waals surface area (Å²) in [4.78, 5) is 21.0. The van der Waals surface area contributed by atoms with Gasteiger partial charge in [0, 0.05) is 32.9 Å². The first kappa shape index (κ1) is 15.8. The highest BCUT2D eigenvalue weighted by Crippen LogP contribution is 2.17. The smallest absolute Gasteiger partial charge is 0.255 e. The van der Waals surface area contributed by atoms with Crippen molar-refractivity contribution in [2.75, 3.05) is 31.6 Å². The lowest BCUT2D eigenvalue weighted by Crippen LogP contribution is -2.32. The van der Waals surface area contributed by atoms with Crippen LogP contribution in [0.3, 0.4) is 0 Å². The van der Waals surface area contributed by atoms with Crippen LogP contribution in [0, 0.1) is 0 Å². The second-order valence-electron chi connectivity index (χ2n) is 5.91. The molecule has 1 aliphatic rings. The van der Waals surface area contributed by atoms with Crippen LogP contribution in [-0.2, 0) is 0 Å². The van der Waals surface area contributed by atoms with Crippen molar-refractivity contribution in [3.63, 3.8) is 0 Å². The number of hydrogen-bond acceptors (Lipinski definition) is 3. The summed E-state index contributed by atoms with van der Waals surface area (Å²) in [7, 11) is 2.06. The minimum absolute atomic E-state index is 0.134. The minimum Gasteiger partial charge on any atom is -0.373 e. The largest absolute Gasteiger partial charge is 0.373 e. The van der Waals surface area contributed by atoms with E-state index < -0.39 is 0 Å². The number of pyridine rings is 1. The fourth-order valence-corrected chi connectivity index (χ4v) is 2.73. The van der Waals surface area contributed by atoms with E-state index in [1.807, 2.05) is 17.2 Å². The third-order valence-electron chi connectivity index (χ3n) is 4.15. The monoisotopic (exact) mass is 289 g/mol. The molecule has 0 bridgehead atoms. The number of anilines is 1. The van der Waals surface area contributed by atoms with Crippen LogP contribution in [0.15, 0.2) is 18.5 Å². The zero-order chi connectivity index (χ0) is 15.1. The van der Waals surface area contributed by atoms with E-state index in [4.69, 9.17) is 0 Å². The topological polar surface area (TPSA) is 36.4 Å². The number of carbonyl (C=O) groups is 1. The highest BCUT2D eigenvalue weighted by Gasteiger charge is 2.18. The van der Waals surface area contributed by atoms with E-state index in [2.05, 4.69) is 23.9 Å². The number of likely N-dealkylation sites (tertiary alicyclic amines) is 1.